The minimum absolute atomic E-state index is 0.257. The largest absolute Gasteiger partial charge is 0.492 e. The van der Waals surface area contributed by atoms with Gasteiger partial charge in [-0.1, -0.05) is 41.7 Å². The van der Waals surface area contributed by atoms with Gasteiger partial charge in [0.25, 0.3) is 0 Å². The fraction of sp³-hybridized carbons (Fsp3) is 0.385. The third-order valence-corrected chi connectivity index (χ3v) is 6.00. The van der Waals surface area contributed by atoms with Crippen molar-refractivity contribution in [1.82, 2.24) is 20.2 Å². The van der Waals surface area contributed by atoms with Crippen molar-refractivity contribution in [3.8, 4) is 16.2 Å². The molecule has 0 bridgehead atoms. The number of nitrogens with zero attached hydrogens (tertiary/aromatic N) is 3. The summed E-state index contributed by atoms with van der Waals surface area (Å²) in [7, 11) is 1.54. The smallest absolute Gasteiger partial charge is 0.410 e. The predicted molar refractivity (Wildman–Crippen MR) is 142 cm³/mol. The molecule has 2 heterocycles. The second kappa shape index (κ2) is 11.9. The summed E-state index contributed by atoms with van der Waals surface area (Å²) in [5.41, 5.74) is 1.26. The number of ether oxygens (including phenoxy) is 2. The highest BCUT2D eigenvalue weighted by Gasteiger charge is 2.26. The van der Waals surface area contributed by atoms with E-state index in [9.17, 15) is 9.59 Å². The SMILES string of the molecule is Cc1cc(OCCNC(=O)C(C)N(C)C(=O)OC(C)(C)C)cc(Nc2ncc(-c3ccccc3)s2)n1. The van der Waals surface area contributed by atoms with Crippen LogP contribution in [0, 0.1) is 6.92 Å². The van der Waals surface area contributed by atoms with E-state index in [0.29, 0.717) is 11.6 Å². The number of hydrogen-bond acceptors (Lipinski definition) is 8. The summed E-state index contributed by atoms with van der Waals surface area (Å²) < 4.78 is 11.1. The number of anilines is 2. The van der Waals surface area contributed by atoms with Gasteiger partial charge in [0, 0.05) is 31.1 Å². The van der Waals surface area contributed by atoms with Crippen molar-refractivity contribution in [3.05, 3.63) is 54.4 Å². The maximum atomic E-state index is 12.4. The maximum Gasteiger partial charge on any atom is 0.410 e. The zero-order valence-electron chi connectivity index (χ0n) is 21.5. The average Bonchev–Trinajstić information content (AvgIpc) is 3.28. The second-order valence-electron chi connectivity index (χ2n) is 9.26. The molecule has 0 aliphatic rings. The van der Waals surface area contributed by atoms with Gasteiger partial charge in [0.05, 0.1) is 11.4 Å². The molecule has 0 radical (unpaired) electrons. The lowest BCUT2D eigenvalue weighted by atomic mass is 10.2. The number of carbonyl (C=O) groups excluding carboxylic acids is 2. The van der Waals surface area contributed by atoms with E-state index in [4.69, 9.17) is 9.47 Å². The van der Waals surface area contributed by atoms with E-state index < -0.39 is 17.7 Å². The number of hydrogen-bond donors (Lipinski definition) is 2. The van der Waals surface area contributed by atoms with Crippen molar-refractivity contribution >= 4 is 34.3 Å². The Hall–Kier alpha value is -3.66. The maximum absolute atomic E-state index is 12.4. The summed E-state index contributed by atoms with van der Waals surface area (Å²) in [6, 6.07) is 13.0. The van der Waals surface area contributed by atoms with Crippen molar-refractivity contribution in [2.75, 3.05) is 25.5 Å². The lowest BCUT2D eigenvalue weighted by Crippen LogP contribution is -2.48. The van der Waals surface area contributed by atoms with E-state index in [-0.39, 0.29) is 19.1 Å². The van der Waals surface area contributed by atoms with Crippen molar-refractivity contribution in [2.45, 2.75) is 46.3 Å². The molecular weight excluding hydrogens is 478 g/mol. The molecule has 0 aliphatic carbocycles. The van der Waals surface area contributed by atoms with Gasteiger partial charge in [-0.05, 0) is 40.2 Å². The number of aromatic nitrogens is 2. The van der Waals surface area contributed by atoms with Gasteiger partial charge in [-0.25, -0.2) is 14.8 Å². The summed E-state index contributed by atoms with van der Waals surface area (Å²) >= 11 is 1.54. The molecule has 0 aliphatic heterocycles. The minimum atomic E-state index is -0.683. The molecule has 0 fully saturated rings. The zero-order valence-corrected chi connectivity index (χ0v) is 22.3. The van der Waals surface area contributed by atoms with Crippen molar-refractivity contribution in [1.29, 1.82) is 0 Å². The van der Waals surface area contributed by atoms with Gasteiger partial charge >= 0.3 is 6.09 Å². The Morgan fingerprint density at radius 3 is 2.58 bits per heavy atom. The Kier molecular flexibility index (Phi) is 8.87. The average molecular weight is 512 g/mol. The Morgan fingerprint density at radius 2 is 1.89 bits per heavy atom. The number of carbonyl (C=O) groups is 2. The molecule has 0 saturated carbocycles. The van der Waals surface area contributed by atoms with E-state index >= 15 is 0 Å². The lowest BCUT2D eigenvalue weighted by molar-refractivity contribution is -0.125. The number of benzene rings is 1. The summed E-state index contributed by atoms with van der Waals surface area (Å²) in [4.78, 5) is 35.9. The highest BCUT2D eigenvalue weighted by atomic mass is 32.1. The molecule has 1 atom stereocenters. The van der Waals surface area contributed by atoms with Gasteiger partial charge in [-0.3, -0.25) is 9.69 Å². The predicted octanol–water partition coefficient (Wildman–Crippen LogP) is 5.01. The molecule has 0 spiro atoms. The van der Waals surface area contributed by atoms with Gasteiger partial charge < -0.3 is 20.1 Å². The number of rotatable bonds is 9. The van der Waals surface area contributed by atoms with Crippen LogP contribution in [0.15, 0.2) is 48.7 Å². The van der Waals surface area contributed by atoms with Crippen LogP contribution in [-0.4, -0.2) is 58.7 Å². The fourth-order valence-corrected chi connectivity index (χ4v) is 3.95. The zero-order chi connectivity index (χ0) is 26.3. The van der Waals surface area contributed by atoms with E-state index in [1.807, 2.05) is 49.5 Å². The molecular formula is C26H33N5O4S. The first-order valence-electron chi connectivity index (χ1n) is 11.6. The fourth-order valence-electron chi connectivity index (χ4n) is 3.12. The van der Waals surface area contributed by atoms with E-state index in [1.54, 1.807) is 33.8 Å². The normalized spacial score (nSPS) is 11.9. The summed E-state index contributed by atoms with van der Waals surface area (Å²) in [6.07, 6.45) is 1.28. The monoisotopic (exact) mass is 511 g/mol. The van der Waals surface area contributed by atoms with Crippen LogP contribution in [-0.2, 0) is 9.53 Å². The van der Waals surface area contributed by atoms with Gasteiger partial charge in [0.1, 0.15) is 29.8 Å². The van der Waals surface area contributed by atoms with Crippen molar-refractivity contribution < 1.29 is 19.1 Å². The molecule has 1 unspecified atom stereocenters. The lowest BCUT2D eigenvalue weighted by Gasteiger charge is -2.28. The molecule has 3 aromatic rings. The Labute approximate surface area is 215 Å². The second-order valence-corrected chi connectivity index (χ2v) is 10.3. The number of aryl methyl sites for hydroxylation is 1. The third kappa shape index (κ3) is 7.94. The van der Waals surface area contributed by atoms with Crippen LogP contribution in [0.25, 0.3) is 10.4 Å². The molecule has 36 heavy (non-hydrogen) atoms. The Bertz CT molecular complexity index is 1180. The van der Waals surface area contributed by atoms with Gasteiger partial charge in [-0.15, -0.1) is 0 Å². The van der Waals surface area contributed by atoms with Crippen LogP contribution in [0.1, 0.15) is 33.4 Å². The van der Waals surface area contributed by atoms with Crippen LogP contribution in [0.3, 0.4) is 0 Å². The van der Waals surface area contributed by atoms with E-state index in [2.05, 4.69) is 20.6 Å². The first-order chi connectivity index (χ1) is 17.0. The number of thiazole rings is 1. The first kappa shape index (κ1) is 26.9. The van der Waals surface area contributed by atoms with Crippen LogP contribution < -0.4 is 15.4 Å². The summed E-state index contributed by atoms with van der Waals surface area (Å²) in [5, 5.41) is 6.75. The molecule has 3 rings (SSSR count). The van der Waals surface area contributed by atoms with Crippen LogP contribution >= 0.6 is 11.3 Å². The molecule has 9 nitrogen and oxygen atoms in total. The molecule has 2 N–H and O–H groups in total. The standard InChI is InChI=1S/C26H33N5O4S/c1-17-14-20(34-13-12-27-23(32)18(2)31(6)25(33)35-26(3,4)5)15-22(29-17)30-24-28-16-21(36-24)19-10-8-7-9-11-19/h7-11,14-16,18H,12-13H2,1-6H3,(H,27,32)(H,28,29,30). The highest BCUT2D eigenvalue weighted by molar-refractivity contribution is 7.18. The molecule has 0 saturated heterocycles. The molecule has 2 aromatic heterocycles. The van der Waals surface area contributed by atoms with Gasteiger partial charge in [-0.2, -0.15) is 0 Å². The number of nitrogens with one attached hydrogen (secondary N) is 2. The summed E-state index contributed by atoms with van der Waals surface area (Å²) in [5.74, 6) is 0.951. The van der Waals surface area contributed by atoms with Crippen molar-refractivity contribution in [3.63, 3.8) is 0 Å². The quantitative estimate of drug-likeness (QED) is 0.389. The Morgan fingerprint density at radius 1 is 1.17 bits per heavy atom. The van der Waals surface area contributed by atoms with Crippen LogP contribution in [0.4, 0.5) is 15.7 Å². The number of pyridine rings is 1. The van der Waals surface area contributed by atoms with Gasteiger partial charge in [0.2, 0.25) is 5.91 Å². The van der Waals surface area contributed by atoms with Crippen molar-refractivity contribution in [2.24, 2.45) is 0 Å². The van der Waals surface area contributed by atoms with Gasteiger partial charge in [0.15, 0.2) is 5.13 Å². The number of likely N-dealkylation sites (N-methyl/N-ethyl adjacent to an activating group) is 1. The summed E-state index contributed by atoms with van der Waals surface area (Å²) in [6.45, 7) is 9.40. The Balaban J connectivity index is 1.50. The van der Waals surface area contributed by atoms with E-state index in [0.717, 1.165) is 21.3 Å². The molecule has 1 aromatic carbocycles. The van der Waals surface area contributed by atoms with Crippen LogP contribution in [0.5, 0.6) is 5.75 Å². The molecule has 2 amide bonds. The first-order valence-corrected chi connectivity index (χ1v) is 12.5. The molecule has 10 heteroatoms. The minimum Gasteiger partial charge on any atom is -0.492 e. The topological polar surface area (TPSA) is 106 Å². The van der Waals surface area contributed by atoms with Crippen LogP contribution in [0.2, 0.25) is 0 Å². The molecule has 192 valence electrons. The highest BCUT2D eigenvalue weighted by Crippen LogP contribution is 2.30. The third-order valence-electron chi connectivity index (χ3n) is 5.04. The van der Waals surface area contributed by atoms with E-state index in [1.165, 1.54) is 23.3 Å². The number of amides is 2.